The first-order valence-corrected chi connectivity index (χ1v) is 14.7. The molecule has 44 heavy (non-hydrogen) atoms. The van der Waals surface area contributed by atoms with E-state index in [1.807, 2.05) is 18.5 Å². The number of halogens is 2. The number of anilines is 3. The molecular weight excluding hydrogens is 581 g/mol. The number of fused-ring (bicyclic) bond motifs is 1. The summed E-state index contributed by atoms with van der Waals surface area (Å²) < 4.78 is 20.5. The minimum Gasteiger partial charge on any atom is -0.381 e. The smallest absolute Gasteiger partial charge is 0.164 e. The zero-order chi connectivity index (χ0) is 29.2. The van der Waals surface area contributed by atoms with Crippen molar-refractivity contribution in [2.45, 2.75) is 37.6 Å². The molecule has 2 saturated heterocycles. The number of nitrogens with two attached hydrogens (primary N) is 1. The Kier molecular flexibility index (Phi) is 8.87. The number of aromatic nitrogens is 6. The van der Waals surface area contributed by atoms with Gasteiger partial charge >= 0.3 is 0 Å². The summed E-state index contributed by atoms with van der Waals surface area (Å²) in [6, 6.07) is 11.1. The third-order valence-corrected chi connectivity index (χ3v) is 8.13. The summed E-state index contributed by atoms with van der Waals surface area (Å²) >= 11 is 0. The SMILES string of the molecule is Cl.N[C@H]1CCCN(c2cc(Nc3ccnc(-c4cc5nccnc5cc4F)n3)ncc2-c2ccc(C3CCOCC3)nc2)C1. The lowest BCUT2D eigenvalue weighted by Crippen LogP contribution is -2.43. The summed E-state index contributed by atoms with van der Waals surface area (Å²) in [6.45, 7) is 3.22. The highest BCUT2D eigenvalue weighted by atomic mass is 35.5. The van der Waals surface area contributed by atoms with Crippen LogP contribution in [-0.2, 0) is 4.74 Å². The second kappa shape index (κ2) is 13.1. The van der Waals surface area contributed by atoms with Crippen molar-refractivity contribution in [1.29, 1.82) is 0 Å². The Hall–Kier alpha value is -4.32. The van der Waals surface area contributed by atoms with Crippen molar-refractivity contribution in [2.75, 3.05) is 36.5 Å². The molecule has 0 unspecified atom stereocenters. The molecule has 0 spiro atoms. The van der Waals surface area contributed by atoms with Gasteiger partial charge in [-0.05, 0) is 43.9 Å². The lowest BCUT2D eigenvalue weighted by Gasteiger charge is -2.34. The summed E-state index contributed by atoms with van der Waals surface area (Å²) in [5.41, 5.74) is 11.8. The molecule has 1 aromatic carbocycles. The Balaban J connectivity index is 0.00000343. The molecule has 10 nitrogen and oxygen atoms in total. The molecule has 0 amide bonds. The third kappa shape index (κ3) is 6.30. The molecule has 12 heteroatoms. The zero-order valence-electron chi connectivity index (χ0n) is 24.1. The van der Waals surface area contributed by atoms with Crippen LogP contribution in [0.25, 0.3) is 33.5 Å². The van der Waals surface area contributed by atoms with Crippen molar-refractivity contribution in [2.24, 2.45) is 5.73 Å². The standard InChI is InChI=1S/C32H32FN9O.ClH/c33-25-15-28-27(35-9-10-36-28)14-23(25)32-37-8-5-30(41-32)40-31-16-29(42-11-1-2-22(34)19-42)24(18-39-31)21-3-4-26(38-17-21)20-6-12-43-13-7-20;/h3-5,8-10,14-18,20,22H,1-2,6-7,11-13,19,34H2,(H,37,39,40,41);1H/t22-;/m0./s1. The average molecular weight is 614 g/mol. The quantitative estimate of drug-likeness (QED) is 0.247. The number of nitrogens with zero attached hydrogens (tertiary/aromatic N) is 7. The molecule has 6 heterocycles. The molecule has 5 aromatic rings. The van der Waals surface area contributed by atoms with Gasteiger partial charge < -0.3 is 20.7 Å². The molecule has 0 bridgehead atoms. The van der Waals surface area contributed by atoms with E-state index in [9.17, 15) is 4.39 Å². The van der Waals surface area contributed by atoms with Gasteiger partial charge in [-0.3, -0.25) is 15.0 Å². The van der Waals surface area contributed by atoms with Gasteiger partial charge in [-0.1, -0.05) is 6.07 Å². The van der Waals surface area contributed by atoms with Crippen LogP contribution in [0.1, 0.15) is 37.3 Å². The number of pyridine rings is 2. The van der Waals surface area contributed by atoms with Crippen molar-refractivity contribution in [3.63, 3.8) is 0 Å². The second-order valence-corrected chi connectivity index (χ2v) is 11.1. The third-order valence-electron chi connectivity index (χ3n) is 8.13. The Morgan fingerprint density at radius 1 is 0.841 bits per heavy atom. The van der Waals surface area contributed by atoms with E-state index in [1.54, 1.807) is 24.5 Å². The molecule has 1 atom stereocenters. The van der Waals surface area contributed by atoms with Crippen LogP contribution in [-0.4, -0.2) is 62.2 Å². The maximum Gasteiger partial charge on any atom is 0.164 e. The number of piperidine rings is 1. The van der Waals surface area contributed by atoms with Gasteiger partial charge in [0.25, 0.3) is 0 Å². The number of hydrogen-bond donors (Lipinski definition) is 2. The highest BCUT2D eigenvalue weighted by molar-refractivity contribution is 5.85. The van der Waals surface area contributed by atoms with Gasteiger partial charge in [-0.25, -0.2) is 19.3 Å². The Morgan fingerprint density at radius 2 is 1.66 bits per heavy atom. The van der Waals surface area contributed by atoms with Crippen LogP contribution in [0.3, 0.4) is 0 Å². The summed E-state index contributed by atoms with van der Waals surface area (Å²) in [5, 5.41) is 3.29. The van der Waals surface area contributed by atoms with Crippen LogP contribution in [0.15, 0.2) is 67.4 Å². The number of hydrogen-bond acceptors (Lipinski definition) is 10. The first kappa shape index (κ1) is 29.7. The second-order valence-electron chi connectivity index (χ2n) is 11.1. The van der Waals surface area contributed by atoms with Gasteiger partial charge in [0, 0.05) is 104 Å². The molecule has 0 aliphatic carbocycles. The van der Waals surface area contributed by atoms with Crippen LogP contribution >= 0.6 is 12.4 Å². The van der Waals surface area contributed by atoms with Crippen LogP contribution in [0.4, 0.5) is 21.7 Å². The van der Waals surface area contributed by atoms with Gasteiger partial charge in [0.1, 0.15) is 17.5 Å². The largest absolute Gasteiger partial charge is 0.381 e. The molecule has 2 aliphatic heterocycles. The Morgan fingerprint density at radius 3 is 2.43 bits per heavy atom. The lowest BCUT2D eigenvalue weighted by atomic mass is 9.95. The maximum atomic E-state index is 15.0. The molecule has 2 aliphatic rings. The van der Waals surface area contributed by atoms with E-state index in [0.29, 0.717) is 28.6 Å². The van der Waals surface area contributed by atoms with Gasteiger partial charge in [-0.2, -0.15) is 0 Å². The van der Waals surface area contributed by atoms with Crippen molar-refractivity contribution in [3.05, 3.63) is 78.9 Å². The van der Waals surface area contributed by atoms with E-state index < -0.39 is 5.82 Å². The van der Waals surface area contributed by atoms with Gasteiger partial charge in [0.2, 0.25) is 0 Å². The topological polar surface area (TPSA) is 128 Å². The number of benzene rings is 1. The van der Waals surface area contributed by atoms with Crippen molar-refractivity contribution in [3.8, 4) is 22.5 Å². The fraction of sp³-hybridized carbons (Fsp3) is 0.312. The highest BCUT2D eigenvalue weighted by Gasteiger charge is 2.22. The predicted molar refractivity (Wildman–Crippen MR) is 171 cm³/mol. The minimum atomic E-state index is -0.465. The fourth-order valence-electron chi connectivity index (χ4n) is 5.87. The normalized spacial score (nSPS) is 17.3. The van der Waals surface area contributed by atoms with E-state index in [0.717, 1.165) is 74.5 Å². The zero-order valence-corrected chi connectivity index (χ0v) is 24.9. The predicted octanol–water partition coefficient (Wildman–Crippen LogP) is 5.67. The van der Waals surface area contributed by atoms with Crippen LogP contribution in [0.2, 0.25) is 0 Å². The number of rotatable bonds is 6. The molecule has 0 radical (unpaired) electrons. The van der Waals surface area contributed by atoms with Crippen LogP contribution < -0.4 is 16.0 Å². The Bertz CT molecular complexity index is 1750. The summed E-state index contributed by atoms with van der Waals surface area (Å²) in [5.74, 6) is 1.31. The summed E-state index contributed by atoms with van der Waals surface area (Å²) in [4.78, 5) is 29.3. The van der Waals surface area contributed by atoms with E-state index in [1.165, 1.54) is 12.3 Å². The Labute approximate surface area is 260 Å². The fourth-order valence-corrected chi connectivity index (χ4v) is 5.87. The summed E-state index contributed by atoms with van der Waals surface area (Å²) in [7, 11) is 0. The van der Waals surface area contributed by atoms with E-state index >= 15 is 0 Å². The molecule has 3 N–H and O–H groups in total. The molecule has 226 valence electrons. The maximum absolute atomic E-state index is 15.0. The monoisotopic (exact) mass is 613 g/mol. The summed E-state index contributed by atoms with van der Waals surface area (Å²) in [6.07, 6.45) is 12.5. The van der Waals surface area contributed by atoms with Crippen LogP contribution in [0, 0.1) is 5.82 Å². The van der Waals surface area contributed by atoms with Gasteiger partial charge in [0.15, 0.2) is 5.82 Å². The van der Waals surface area contributed by atoms with E-state index in [2.05, 4.69) is 42.3 Å². The molecule has 2 fully saturated rings. The van der Waals surface area contributed by atoms with E-state index in [4.69, 9.17) is 20.4 Å². The highest BCUT2D eigenvalue weighted by Crippen LogP contribution is 2.35. The van der Waals surface area contributed by atoms with Gasteiger partial charge in [-0.15, -0.1) is 12.4 Å². The van der Waals surface area contributed by atoms with Crippen LogP contribution in [0.5, 0.6) is 0 Å². The van der Waals surface area contributed by atoms with Crippen molar-refractivity contribution in [1.82, 2.24) is 29.9 Å². The molecule has 4 aromatic heterocycles. The average Bonchev–Trinajstić information content (AvgIpc) is 3.05. The lowest BCUT2D eigenvalue weighted by molar-refractivity contribution is 0.0845. The number of ether oxygens (including phenoxy) is 1. The minimum absolute atomic E-state index is 0. The number of nitrogens with one attached hydrogen (secondary N) is 1. The van der Waals surface area contributed by atoms with E-state index in [-0.39, 0.29) is 29.8 Å². The molecular formula is C32H33ClFN9O. The molecule has 0 saturated carbocycles. The first-order chi connectivity index (χ1) is 21.1. The van der Waals surface area contributed by atoms with Crippen molar-refractivity contribution >= 4 is 40.8 Å². The van der Waals surface area contributed by atoms with Gasteiger partial charge in [0.05, 0.1) is 16.6 Å². The first-order valence-electron chi connectivity index (χ1n) is 14.7. The molecule has 7 rings (SSSR count). The van der Waals surface area contributed by atoms with Crippen molar-refractivity contribution < 1.29 is 9.13 Å².